The van der Waals surface area contributed by atoms with Crippen molar-refractivity contribution >= 4 is 12.0 Å². The Morgan fingerprint density at radius 2 is 1.76 bits per heavy atom. The molecule has 1 aromatic rings. The monoisotopic (exact) mass is 289 g/mol. The lowest BCUT2D eigenvalue weighted by Crippen LogP contribution is -2.30. The van der Waals surface area contributed by atoms with Gasteiger partial charge in [-0.3, -0.25) is 4.79 Å². The third kappa shape index (κ3) is 5.73. The fourth-order valence-electron chi connectivity index (χ4n) is 1.93. The highest BCUT2D eigenvalue weighted by Gasteiger charge is 2.06. The average Bonchev–Trinajstić information content (AvgIpc) is 2.46. The summed E-state index contributed by atoms with van der Waals surface area (Å²) in [7, 11) is 0. The van der Waals surface area contributed by atoms with Gasteiger partial charge in [0.05, 0.1) is 0 Å². The number of nitrogens with zero attached hydrogens (tertiary/aromatic N) is 1. The second-order valence-electron chi connectivity index (χ2n) is 4.79. The number of phenolic OH excluding ortho intramolecular Hbond substituents is 2. The minimum atomic E-state index is -0.158. The van der Waals surface area contributed by atoms with E-state index in [1.807, 2.05) is 4.90 Å². The molecule has 0 radical (unpaired) electrons. The predicted molar refractivity (Wildman–Crippen MR) is 85.1 cm³/mol. The van der Waals surface area contributed by atoms with Gasteiger partial charge in [-0.25, -0.2) is 0 Å². The number of allylic oxidation sites excluding steroid dienone is 2. The zero-order valence-electron chi connectivity index (χ0n) is 12.6. The van der Waals surface area contributed by atoms with E-state index in [0.717, 1.165) is 31.5 Å². The Morgan fingerprint density at radius 1 is 1.10 bits per heavy atom. The fraction of sp³-hybridized carbons (Fsp3) is 0.353. The molecule has 114 valence electrons. The van der Waals surface area contributed by atoms with E-state index < -0.39 is 0 Å². The Bertz CT molecular complexity index is 515. The van der Waals surface area contributed by atoms with E-state index in [1.54, 1.807) is 30.4 Å². The second-order valence-corrected chi connectivity index (χ2v) is 4.79. The first-order valence-corrected chi connectivity index (χ1v) is 7.24. The van der Waals surface area contributed by atoms with Crippen molar-refractivity contribution < 1.29 is 15.0 Å². The molecule has 4 heteroatoms. The highest BCUT2D eigenvalue weighted by molar-refractivity contribution is 5.88. The van der Waals surface area contributed by atoms with Crippen LogP contribution >= 0.6 is 0 Å². The minimum Gasteiger partial charge on any atom is -0.504 e. The quantitative estimate of drug-likeness (QED) is 0.460. The summed E-state index contributed by atoms with van der Waals surface area (Å²) in [5, 5.41) is 18.6. The van der Waals surface area contributed by atoms with Crippen LogP contribution in [-0.4, -0.2) is 34.1 Å². The van der Waals surface area contributed by atoms with Crippen molar-refractivity contribution in [2.45, 2.75) is 26.7 Å². The zero-order valence-corrected chi connectivity index (χ0v) is 12.6. The number of amides is 1. The number of aromatic hydroxyl groups is 2. The lowest BCUT2D eigenvalue weighted by Gasteiger charge is -2.19. The van der Waals surface area contributed by atoms with Gasteiger partial charge in [0, 0.05) is 19.2 Å². The summed E-state index contributed by atoms with van der Waals surface area (Å²) in [6.07, 6.45) is 8.61. The van der Waals surface area contributed by atoms with Crippen LogP contribution in [0.25, 0.3) is 6.08 Å². The molecule has 0 bridgehead atoms. The SMILES string of the molecule is CCCN(CCC)C(=O)/C=C/C=C/c1ccc(O)c(O)c1. The number of carbonyl (C=O) groups excluding carboxylic acids is 1. The molecule has 0 heterocycles. The molecule has 21 heavy (non-hydrogen) atoms. The Kier molecular flexibility index (Phi) is 7.09. The van der Waals surface area contributed by atoms with Crippen LogP contribution in [0.4, 0.5) is 0 Å². The summed E-state index contributed by atoms with van der Waals surface area (Å²) in [6, 6.07) is 4.57. The maximum absolute atomic E-state index is 12.0. The van der Waals surface area contributed by atoms with Gasteiger partial charge in [-0.1, -0.05) is 38.1 Å². The molecule has 4 nitrogen and oxygen atoms in total. The largest absolute Gasteiger partial charge is 0.504 e. The number of rotatable bonds is 7. The van der Waals surface area contributed by atoms with Crippen LogP contribution in [-0.2, 0) is 4.79 Å². The average molecular weight is 289 g/mol. The van der Waals surface area contributed by atoms with Crippen LogP contribution in [0.3, 0.4) is 0 Å². The molecule has 1 amide bonds. The van der Waals surface area contributed by atoms with E-state index in [2.05, 4.69) is 13.8 Å². The van der Waals surface area contributed by atoms with Gasteiger partial charge < -0.3 is 15.1 Å². The maximum Gasteiger partial charge on any atom is 0.246 e. The van der Waals surface area contributed by atoms with E-state index in [-0.39, 0.29) is 17.4 Å². The molecule has 0 spiro atoms. The summed E-state index contributed by atoms with van der Waals surface area (Å²) >= 11 is 0. The normalized spacial score (nSPS) is 11.3. The molecule has 1 rings (SSSR count). The van der Waals surface area contributed by atoms with E-state index in [0.29, 0.717) is 0 Å². The van der Waals surface area contributed by atoms with Crippen molar-refractivity contribution in [3.05, 3.63) is 42.0 Å². The minimum absolute atomic E-state index is 0.0110. The van der Waals surface area contributed by atoms with Crippen LogP contribution in [0.5, 0.6) is 11.5 Å². The van der Waals surface area contributed by atoms with Gasteiger partial charge in [-0.15, -0.1) is 0 Å². The van der Waals surface area contributed by atoms with Gasteiger partial charge in [0.15, 0.2) is 11.5 Å². The molecule has 0 aromatic heterocycles. The van der Waals surface area contributed by atoms with E-state index in [1.165, 1.54) is 12.1 Å². The van der Waals surface area contributed by atoms with Crippen LogP contribution in [0.2, 0.25) is 0 Å². The summed E-state index contributed by atoms with van der Waals surface area (Å²) in [6.45, 7) is 5.65. The van der Waals surface area contributed by atoms with Gasteiger partial charge in [-0.2, -0.15) is 0 Å². The smallest absolute Gasteiger partial charge is 0.246 e. The van der Waals surface area contributed by atoms with Crippen molar-refractivity contribution in [1.29, 1.82) is 0 Å². The number of phenols is 2. The number of hydrogen-bond donors (Lipinski definition) is 2. The van der Waals surface area contributed by atoms with Gasteiger partial charge in [-0.05, 0) is 30.5 Å². The van der Waals surface area contributed by atoms with Crippen LogP contribution in [0.15, 0.2) is 36.4 Å². The third-order valence-electron chi connectivity index (χ3n) is 2.94. The standard InChI is InChI=1S/C17H23NO3/c1-3-11-18(12-4-2)17(21)8-6-5-7-14-9-10-15(19)16(20)13-14/h5-10,13,19-20H,3-4,11-12H2,1-2H3/b7-5+,8-6+. The highest BCUT2D eigenvalue weighted by atomic mass is 16.3. The first kappa shape index (κ1) is 16.8. The number of hydrogen-bond acceptors (Lipinski definition) is 3. The molecule has 0 unspecified atom stereocenters. The lowest BCUT2D eigenvalue weighted by molar-refractivity contribution is -0.126. The van der Waals surface area contributed by atoms with Crippen molar-refractivity contribution in [2.24, 2.45) is 0 Å². The van der Waals surface area contributed by atoms with Crippen molar-refractivity contribution in [1.82, 2.24) is 4.90 Å². The molecule has 0 fully saturated rings. The lowest BCUT2D eigenvalue weighted by atomic mass is 10.2. The Labute approximate surface area is 126 Å². The van der Waals surface area contributed by atoms with E-state index >= 15 is 0 Å². The second kappa shape index (κ2) is 8.84. The van der Waals surface area contributed by atoms with Gasteiger partial charge in [0.2, 0.25) is 5.91 Å². The zero-order chi connectivity index (χ0) is 15.7. The van der Waals surface area contributed by atoms with E-state index in [9.17, 15) is 15.0 Å². The van der Waals surface area contributed by atoms with E-state index in [4.69, 9.17) is 0 Å². The Balaban J connectivity index is 2.61. The molecule has 2 N–H and O–H groups in total. The molecule has 0 aliphatic heterocycles. The highest BCUT2D eigenvalue weighted by Crippen LogP contribution is 2.25. The topological polar surface area (TPSA) is 60.8 Å². The summed E-state index contributed by atoms with van der Waals surface area (Å²) in [4.78, 5) is 13.8. The molecule has 0 saturated carbocycles. The summed E-state index contributed by atoms with van der Waals surface area (Å²) < 4.78 is 0. The summed E-state index contributed by atoms with van der Waals surface area (Å²) in [5.41, 5.74) is 0.751. The molecule has 0 aliphatic rings. The number of carbonyl (C=O) groups is 1. The van der Waals surface area contributed by atoms with Crippen LogP contribution in [0.1, 0.15) is 32.3 Å². The van der Waals surface area contributed by atoms with Gasteiger partial charge >= 0.3 is 0 Å². The van der Waals surface area contributed by atoms with Crippen molar-refractivity contribution in [3.63, 3.8) is 0 Å². The van der Waals surface area contributed by atoms with Gasteiger partial charge in [0.25, 0.3) is 0 Å². The number of benzene rings is 1. The first-order chi connectivity index (χ1) is 10.1. The first-order valence-electron chi connectivity index (χ1n) is 7.24. The fourth-order valence-corrected chi connectivity index (χ4v) is 1.93. The molecular weight excluding hydrogens is 266 g/mol. The third-order valence-corrected chi connectivity index (χ3v) is 2.94. The molecule has 0 atom stereocenters. The Hall–Kier alpha value is -2.23. The van der Waals surface area contributed by atoms with Crippen LogP contribution < -0.4 is 0 Å². The van der Waals surface area contributed by atoms with Gasteiger partial charge in [0.1, 0.15) is 0 Å². The molecule has 0 saturated heterocycles. The van der Waals surface area contributed by atoms with Crippen molar-refractivity contribution in [2.75, 3.05) is 13.1 Å². The Morgan fingerprint density at radius 3 is 2.33 bits per heavy atom. The summed E-state index contributed by atoms with van der Waals surface area (Å²) in [5.74, 6) is -0.293. The predicted octanol–water partition coefficient (Wildman–Crippen LogP) is 3.32. The molecule has 1 aromatic carbocycles. The maximum atomic E-state index is 12.0. The molecular formula is C17H23NO3. The van der Waals surface area contributed by atoms with Crippen LogP contribution in [0, 0.1) is 0 Å². The van der Waals surface area contributed by atoms with Crippen molar-refractivity contribution in [3.8, 4) is 11.5 Å². The molecule has 0 aliphatic carbocycles.